The van der Waals surface area contributed by atoms with Crippen LogP contribution in [0.5, 0.6) is 11.5 Å². The van der Waals surface area contributed by atoms with Crippen LogP contribution in [-0.4, -0.2) is 23.7 Å². The number of rotatable bonds is 3. The van der Waals surface area contributed by atoms with Gasteiger partial charge in [0.1, 0.15) is 18.8 Å². The molecule has 132 valence electrons. The Balaban J connectivity index is 1.70. The average Bonchev–Trinajstić information content (AvgIpc) is 2.68. The van der Waals surface area contributed by atoms with E-state index in [0.29, 0.717) is 42.3 Å². The minimum Gasteiger partial charge on any atom is -0.486 e. The number of aryl methyl sites for hydroxylation is 1. The molecule has 2 heterocycles. The molecule has 0 saturated carbocycles. The van der Waals surface area contributed by atoms with Crippen molar-refractivity contribution in [3.8, 4) is 11.5 Å². The standard InChI is InChI=1S/C20H18N2O4/c1-2-22-12-15(19(23)14-5-3-4-6-16(14)22)20(24)21-13-7-8-17-18(11-13)26-10-9-25-17/h3-8,11-12H,2,9-10H2,1H3,(H,21,24). The zero-order chi connectivity index (χ0) is 18.1. The number of hydrogen-bond acceptors (Lipinski definition) is 4. The molecule has 1 aliphatic heterocycles. The molecule has 6 heteroatoms. The van der Waals surface area contributed by atoms with E-state index in [0.717, 1.165) is 5.52 Å². The van der Waals surface area contributed by atoms with Crippen LogP contribution in [0.25, 0.3) is 10.9 Å². The molecule has 26 heavy (non-hydrogen) atoms. The quantitative estimate of drug-likeness (QED) is 0.788. The van der Waals surface area contributed by atoms with Crippen molar-refractivity contribution in [1.82, 2.24) is 4.57 Å². The molecule has 0 radical (unpaired) electrons. The van der Waals surface area contributed by atoms with Crippen LogP contribution in [0, 0.1) is 0 Å². The van der Waals surface area contributed by atoms with Gasteiger partial charge in [-0.2, -0.15) is 0 Å². The molecule has 4 rings (SSSR count). The number of fused-ring (bicyclic) bond motifs is 2. The monoisotopic (exact) mass is 350 g/mol. The Morgan fingerprint density at radius 2 is 1.88 bits per heavy atom. The molecular weight excluding hydrogens is 332 g/mol. The summed E-state index contributed by atoms with van der Waals surface area (Å²) >= 11 is 0. The highest BCUT2D eigenvalue weighted by atomic mass is 16.6. The number of carbonyl (C=O) groups is 1. The molecule has 1 amide bonds. The molecule has 1 aliphatic rings. The first-order valence-electron chi connectivity index (χ1n) is 8.50. The smallest absolute Gasteiger partial charge is 0.261 e. The van der Waals surface area contributed by atoms with Gasteiger partial charge in [0.15, 0.2) is 11.5 Å². The first kappa shape index (κ1) is 16.2. The zero-order valence-corrected chi connectivity index (χ0v) is 14.3. The van der Waals surface area contributed by atoms with Crippen molar-refractivity contribution in [3.63, 3.8) is 0 Å². The number of ether oxygens (including phenoxy) is 2. The molecule has 1 aromatic heterocycles. The fourth-order valence-corrected chi connectivity index (χ4v) is 3.09. The average molecular weight is 350 g/mol. The molecule has 0 spiro atoms. The SMILES string of the molecule is CCn1cc(C(=O)Nc2ccc3c(c2)OCCO3)c(=O)c2ccccc21. The van der Waals surface area contributed by atoms with E-state index < -0.39 is 5.91 Å². The van der Waals surface area contributed by atoms with Gasteiger partial charge in [0.2, 0.25) is 5.43 Å². The van der Waals surface area contributed by atoms with Gasteiger partial charge in [-0.25, -0.2) is 0 Å². The normalized spacial score (nSPS) is 12.8. The van der Waals surface area contributed by atoms with Crippen molar-refractivity contribution in [2.45, 2.75) is 13.5 Å². The summed E-state index contributed by atoms with van der Waals surface area (Å²) in [5.41, 5.74) is 1.20. The van der Waals surface area contributed by atoms with Gasteiger partial charge in [-0.3, -0.25) is 9.59 Å². The predicted molar refractivity (Wildman–Crippen MR) is 99.3 cm³/mol. The largest absolute Gasteiger partial charge is 0.486 e. The van der Waals surface area contributed by atoms with Gasteiger partial charge in [-0.1, -0.05) is 12.1 Å². The summed E-state index contributed by atoms with van der Waals surface area (Å²) in [6.45, 7) is 3.60. The minimum atomic E-state index is -0.445. The zero-order valence-electron chi connectivity index (χ0n) is 14.3. The third kappa shape index (κ3) is 2.79. The van der Waals surface area contributed by atoms with Crippen molar-refractivity contribution in [3.05, 3.63) is 64.4 Å². The molecule has 0 unspecified atom stereocenters. The highest BCUT2D eigenvalue weighted by Crippen LogP contribution is 2.32. The van der Waals surface area contributed by atoms with Crippen LogP contribution in [0.2, 0.25) is 0 Å². The maximum Gasteiger partial charge on any atom is 0.261 e. The predicted octanol–water partition coefficient (Wildman–Crippen LogP) is 3.04. The van der Waals surface area contributed by atoms with Gasteiger partial charge in [0, 0.05) is 29.9 Å². The van der Waals surface area contributed by atoms with Gasteiger partial charge in [-0.05, 0) is 31.2 Å². The third-order valence-electron chi connectivity index (χ3n) is 4.37. The minimum absolute atomic E-state index is 0.112. The first-order chi connectivity index (χ1) is 12.7. The fraction of sp³-hybridized carbons (Fsp3) is 0.200. The van der Waals surface area contributed by atoms with Crippen LogP contribution in [0.4, 0.5) is 5.69 Å². The number of nitrogens with zero attached hydrogens (tertiary/aromatic N) is 1. The second-order valence-electron chi connectivity index (χ2n) is 5.99. The summed E-state index contributed by atoms with van der Waals surface area (Å²) < 4.78 is 12.9. The number of benzene rings is 2. The van der Waals surface area contributed by atoms with E-state index in [1.807, 2.05) is 23.6 Å². The lowest BCUT2D eigenvalue weighted by molar-refractivity contribution is 0.102. The Morgan fingerprint density at radius 3 is 2.69 bits per heavy atom. The Morgan fingerprint density at radius 1 is 1.12 bits per heavy atom. The van der Waals surface area contributed by atoms with E-state index >= 15 is 0 Å². The first-order valence-corrected chi connectivity index (χ1v) is 8.50. The number of hydrogen-bond donors (Lipinski definition) is 1. The number of aromatic nitrogens is 1. The van der Waals surface area contributed by atoms with Gasteiger partial charge < -0.3 is 19.4 Å². The highest BCUT2D eigenvalue weighted by molar-refractivity contribution is 6.05. The lowest BCUT2D eigenvalue weighted by Gasteiger charge is -2.19. The molecule has 0 fully saturated rings. The number of pyridine rings is 1. The van der Waals surface area contributed by atoms with Crippen molar-refractivity contribution in [2.75, 3.05) is 18.5 Å². The van der Waals surface area contributed by atoms with Crippen molar-refractivity contribution in [1.29, 1.82) is 0 Å². The topological polar surface area (TPSA) is 69.6 Å². The Bertz CT molecular complexity index is 1060. The van der Waals surface area contributed by atoms with Crippen LogP contribution in [-0.2, 0) is 6.54 Å². The summed E-state index contributed by atoms with van der Waals surface area (Å²) in [5.74, 6) is 0.784. The van der Waals surface area contributed by atoms with Crippen LogP contribution in [0.1, 0.15) is 17.3 Å². The Labute approximate surface area is 150 Å². The third-order valence-corrected chi connectivity index (χ3v) is 4.37. The van der Waals surface area contributed by atoms with E-state index in [4.69, 9.17) is 9.47 Å². The molecular formula is C20H18N2O4. The van der Waals surface area contributed by atoms with Crippen LogP contribution in [0.15, 0.2) is 53.5 Å². The molecule has 1 N–H and O–H groups in total. The summed E-state index contributed by atoms with van der Waals surface area (Å²) in [6.07, 6.45) is 1.61. The molecule has 3 aromatic rings. The molecule has 6 nitrogen and oxygen atoms in total. The fourth-order valence-electron chi connectivity index (χ4n) is 3.09. The molecule has 0 atom stereocenters. The summed E-state index contributed by atoms with van der Waals surface area (Å²) in [4.78, 5) is 25.5. The van der Waals surface area contributed by atoms with Gasteiger partial charge >= 0.3 is 0 Å². The van der Waals surface area contributed by atoms with Crippen molar-refractivity contribution >= 4 is 22.5 Å². The number of carbonyl (C=O) groups excluding carboxylic acids is 1. The summed E-state index contributed by atoms with van der Waals surface area (Å²) in [7, 11) is 0. The molecule has 0 aliphatic carbocycles. The summed E-state index contributed by atoms with van der Waals surface area (Å²) in [5, 5.41) is 3.31. The van der Waals surface area contributed by atoms with Crippen LogP contribution < -0.4 is 20.2 Å². The Hall–Kier alpha value is -3.28. The second kappa shape index (κ2) is 6.55. The summed E-state index contributed by atoms with van der Waals surface area (Å²) in [6, 6.07) is 12.5. The van der Waals surface area contributed by atoms with E-state index in [2.05, 4.69) is 5.32 Å². The lowest BCUT2D eigenvalue weighted by atomic mass is 10.1. The maximum atomic E-state index is 12.7. The highest BCUT2D eigenvalue weighted by Gasteiger charge is 2.17. The number of para-hydroxylation sites is 1. The number of anilines is 1. The van der Waals surface area contributed by atoms with Crippen LogP contribution in [0.3, 0.4) is 0 Å². The van der Waals surface area contributed by atoms with E-state index in [9.17, 15) is 9.59 Å². The molecule has 2 aromatic carbocycles. The van der Waals surface area contributed by atoms with Gasteiger partial charge in [0.25, 0.3) is 5.91 Å². The maximum absolute atomic E-state index is 12.7. The molecule has 0 saturated heterocycles. The van der Waals surface area contributed by atoms with Gasteiger partial charge in [0.05, 0.1) is 5.52 Å². The Kier molecular flexibility index (Phi) is 4.08. The van der Waals surface area contributed by atoms with Gasteiger partial charge in [-0.15, -0.1) is 0 Å². The van der Waals surface area contributed by atoms with E-state index in [1.165, 1.54) is 0 Å². The van der Waals surface area contributed by atoms with Crippen LogP contribution >= 0.6 is 0 Å². The van der Waals surface area contributed by atoms with Crippen molar-refractivity contribution < 1.29 is 14.3 Å². The number of amides is 1. The van der Waals surface area contributed by atoms with E-state index in [1.54, 1.807) is 36.5 Å². The molecule has 0 bridgehead atoms. The van der Waals surface area contributed by atoms with Crippen molar-refractivity contribution in [2.24, 2.45) is 0 Å². The lowest BCUT2D eigenvalue weighted by Crippen LogP contribution is -2.24. The van der Waals surface area contributed by atoms with E-state index in [-0.39, 0.29) is 11.0 Å². The number of nitrogens with one attached hydrogen (secondary N) is 1. The second-order valence-corrected chi connectivity index (χ2v) is 5.99.